The standard InChI is InChI=1S/C18H20ClN3O3S/c19-13-3-5-14(6-4-13)24-9-17-21-22-18(25-17)26-10-16(23)20-15-8-11-1-2-12(15)7-11/h3-6,11-12,15H,1-2,7-10H2,(H,20,23)/t11-,12+,15+/m0/s1. The highest BCUT2D eigenvalue weighted by Crippen LogP contribution is 2.44. The zero-order valence-electron chi connectivity index (χ0n) is 14.2. The first-order valence-corrected chi connectivity index (χ1v) is 10.1. The fourth-order valence-electron chi connectivity index (χ4n) is 3.83. The van der Waals surface area contributed by atoms with Crippen LogP contribution in [0.5, 0.6) is 5.75 Å². The second-order valence-corrected chi connectivity index (χ2v) is 8.20. The molecule has 138 valence electrons. The number of rotatable bonds is 7. The molecule has 1 aromatic heterocycles. The Balaban J connectivity index is 1.20. The van der Waals surface area contributed by atoms with Gasteiger partial charge in [0, 0.05) is 11.1 Å². The van der Waals surface area contributed by atoms with Crippen molar-refractivity contribution in [2.75, 3.05) is 5.75 Å². The van der Waals surface area contributed by atoms with Crippen molar-refractivity contribution in [3.05, 3.63) is 35.2 Å². The fraction of sp³-hybridized carbons (Fsp3) is 0.500. The van der Waals surface area contributed by atoms with E-state index in [2.05, 4.69) is 15.5 Å². The van der Waals surface area contributed by atoms with E-state index in [4.69, 9.17) is 20.8 Å². The van der Waals surface area contributed by atoms with E-state index in [0.717, 1.165) is 12.3 Å². The Kier molecular flexibility index (Phi) is 5.36. The lowest BCUT2D eigenvalue weighted by Crippen LogP contribution is -2.39. The van der Waals surface area contributed by atoms with Gasteiger partial charge in [0.15, 0.2) is 6.61 Å². The van der Waals surface area contributed by atoms with Crippen molar-refractivity contribution in [3.8, 4) is 5.75 Å². The maximum absolute atomic E-state index is 12.1. The number of nitrogens with zero attached hydrogens (tertiary/aromatic N) is 2. The van der Waals surface area contributed by atoms with E-state index in [-0.39, 0.29) is 18.3 Å². The fourth-order valence-corrected chi connectivity index (χ4v) is 4.55. The molecule has 0 radical (unpaired) electrons. The monoisotopic (exact) mass is 393 g/mol. The average Bonchev–Trinajstić information content (AvgIpc) is 3.36. The molecule has 2 aromatic rings. The van der Waals surface area contributed by atoms with E-state index in [1.807, 2.05) is 0 Å². The van der Waals surface area contributed by atoms with Gasteiger partial charge in [0.05, 0.1) is 5.75 Å². The lowest BCUT2D eigenvalue weighted by molar-refractivity contribution is -0.119. The minimum atomic E-state index is 0.0321. The quantitative estimate of drug-likeness (QED) is 0.723. The number of ether oxygens (including phenoxy) is 1. The van der Waals surface area contributed by atoms with Gasteiger partial charge in [-0.25, -0.2) is 0 Å². The molecule has 6 nitrogen and oxygen atoms in total. The number of benzene rings is 1. The van der Waals surface area contributed by atoms with Crippen LogP contribution in [0.4, 0.5) is 0 Å². The summed E-state index contributed by atoms with van der Waals surface area (Å²) in [5, 5.41) is 12.1. The first-order chi connectivity index (χ1) is 12.7. The number of aromatic nitrogens is 2. The van der Waals surface area contributed by atoms with Crippen LogP contribution >= 0.6 is 23.4 Å². The van der Waals surface area contributed by atoms with Gasteiger partial charge in [-0.15, -0.1) is 10.2 Å². The summed E-state index contributed by atoms with van der Waals surface area (Å²) in [4.78, 5) is 12.1. The second kappa shape index (κ2) is 7.88. The molecule has 2 fully saturated rings. The highest BCUT2D eigenvalue weighted by molar-refractivity contribution is 7.99. The molecule has 3 atom stereocenters. The van der Waals surface area contributed by atoms with Crippen LogP contribution in [0.25, 0.3) is 0 Å². The summed E-state index contributed by atoms with van der Waals surface area (Å²) < 4.78 is 11.1. The highest BCUT2D eigenvalue weighted by Gasteiger charge is 2.40. The first-order valence-electron chi connectivity index (χ1n) is 8.78. The van der Waals surface area contributed by atoms with E-state index < -0.39 is 0 Å². The molecule has 1 amide bonds. The molecule has 2 aliphatic rings. The molecule has 8 heteroatoms. The van der Waals surface area contributed by atoms with Crippen LogP contribution in [0.1, 0.15) is 31.6 Å². The largest absolute Gasteiger partial charge is 0.484 e. The van der Waals surface area contributed by atoms with Crippen LogP contribution < -0.4 is 10.1 Å². The second-order valence-electron chi connectivity index (χ2n) is 6.84. The van der Waals surface area contributed by atoms with Crippen LogP contribution in [0.2, 0.25) is 5.02 Å². The number of carbonyl (C=O) groups excluding carboxylic acids is 1. The summed E-state index contributed by atoms with van der Waals surface area (Å²) in [5.41, 5.74) is 0. The predicted molar refractivity (Wildman–Crippen MR) is 98.2 cm³/mol. The summed E-state index contributed by atoms with van der Waals surface area (Å²) in [6, 6.07) is 7.40. The molecule has 0 aliphatic heterocycles. The predicted octanol–water partition coefficient (Wildman–Crippen LogP) is 3.70. The maximum atomic E-state index is 12.1. The molecule has 2 saturated carbocycles. The molecule has 2 aliphatic carbocycles. The van der Waals surface area contributed by atoms with Gasteiger partial charge in [-0.3, -0.25) is 4.79 Å². The molecule has 0 unspecified atom stereocenters. The van der Waals surface area contributed by atoms with Crippen molar-refractivity contribution in [2.24, 2.45) is 11.8 Å². The van der Waals surface area contributed by atoms with Crippen molar-refractivity contribution in [1.29, 1.82) is 0 Å². The third-order valence-electron chi connectivity index (χ3n) is 5.04. The van der Waals surface area contributed by atoms with Crippen LogP contribution in [-0.4, -0.2) is 27.9 Å². The molecule has 4 rings (SSSR count). The van der Waals surface area contributed by atoms with Crippen LogP contribution in [0.3, 0.4) is 0 Å². The number of halogens is 1. The van der Waals surface area contributed by atoms with E-state index in [0.29, 0.717) is 33.8 Å². The highest BCUT2D eigenvalue weighted by atomic mass is 35.5. The third kappa shape index (κ3) is 4.32. The van der Waals surface area contributed by atoms with Gasteiger partial charge in [0.25, 0.3) is 11.1 Å². The first kappa shape index (κ1) is 17.7. The van der Waals surface area contributed by atoms with Crippen molar-refractivity contribution in [2.45, 2.75) is 43.6 Å². The van der Waals surface area contributed by atoms with Gasteiger partial charge in [0.2, 0.25) is 5.91 Å². The zero-order chi connectivity index (χ0) is 17.9. The average molecular weight is 394 g/mol. The number of hydrogen-bond acceptors (Lipinski definition) is 6. The maximum Gasteiger partial charge on any atom is 0.277 e. The van der Waals surface area contributed by atoms with E-state index >= 15 is 0 Å². The molecular formula is C18H20ClN3O3S. The Morgan fingerprint density at radius 2 is 2.12 bits per heavy atom. The lowest BCUT2D eigenvalue weighted by atomic mass is 9.95. The zero-order valence-corrected chi connectivity index (χ0v) is 15.8. The van der Waals surface area contributed by atoms with Crippen molar-refractivity contribution in [1.82, 2.24) is 15.5 Å². The van der Waals surface area contributed by atoms with Gasteiger partial charge in [-0.05, 0) is 55.4 Å². The van der Waals surface area contributed by atoms with Crippen molar-refractivity contribution >= 4 is 29.3 Å². The number of hydrogen-bond donors (Lipinski definition) is 1. The molecule has 1 aromatic carbocycles. The summed E-state index contributed by atoms with van der Waals surface area (Å²) in [6.45, 7) is 0.173. The van der Waals surface area contributed by atoms with Crippen molar-refractivity contribution < 1.29 is 13.9 Å². The summed E-state index contributed by atoms with van der Waals surface area (Å²) in [7, 11) is 0. The summed E-state index contributed by atoms with van der Waals surface area (Å²) in [5.74, 6) is 2.85. The summed E-state index contributed by atoms with van der Waals surface area (Å²) >= 11 is 7.08. The van der Waals surface area contributed by atoms with Crippen LogP contribution in [-0.2, 0) is 11.4 Å². The van der Waals surface area contributed by atoms with E-state index in [1.165, 1.54) is 31.0 Å². The van der Waals surface area contributed by atoms with Gasteiger partial charge < -0.3 is 14.5 Å². The Labute approximate surface area is 161 Å². The minimum absolute atomic E-state index is 0.0321. The molecule has 0 saturated heterocycles. The Bertz CT molecular complexity index is 767. The number of nitrogens with one attached hydrogen (secondary N) is 1. The SMILES string of the molecule is O=C(CSc1nnc(COc2ccc(Cl)cc2)o1)N[C@@H]1C[C@H]2CC[C@@H]1C2. The number of thioether (sulfide) groups is 1. The normalized spacial score (nSPS) is 24.0. The van der Waals surface area contributed by atoms with Gasteiger partial charge in [-0.1, -0.05) is 29.8 Å². The van der Waals surface area contributed by atoms with Gasteiger partial charge in [-0.2, -0.15) is 0 Å². The number of amides is 1. The Morgan fingerprint density at radius 3 is 2.85 bits per heavy atom. The molecule has 2 bridgehead atoms. The minimum Gasteiger partial charge on any atom is -0.484 e. The Hall–Kier alpha value is -1.73. The molecule has 1 heterocycles. The lowest BCUT2D eigenvalue weighted by Gasteiger charge is -2.22. The molecule has 0 spiro atoms. The number of fused-ring (bicyclic) bond motifs is 2. The summed E-state index contributed by atoms with van der Waals surface area (Å²) in [6.07, 6.45) is 4.99. The van der Waals surface area contributed by atoms with Crippen LogP contribution in [0.15, 0.2) is 33.9 Å². The van der Waals surface area contributed by atoms with Crippen molar-refractivity contribution in [3.63, 3.8) is 0 Å². The molecule has 26 heavy (non-hydrogen) atoms. The number of carbonyl (C=O) groups is 1. The van der Waals surface area contributed by atoms with Gasteiger partial charge >= 0.3 is 0 Å². The van der Waals surface area contributed by atoms with Gasteiger partial charge in [0.1, 0.15) is 5.75 Å². The Morgan fingerprint density at radius 1 is 1.27 bits per heavy atom. The third-order valence-corrected chi connectivity index (χ3v) is 6.11. The van der Waals surface area contributed by atoms with E-state index in [9.17, 15) is 4.79 Å². The van der Waals surface area contributed by atoms with E-state index in [1.54, 1.807) is 24.3 Å². The van der Waals surface area contributed by atoms with Crippen LogP contribution in [0, 0.1) is 11.8 Å². The smallest absolute Gasteiger partial charge is 0.277 e. The topological polar surface area (TPSA) is 77.2 Å². The molecular weight excluding hydrogens is 374 g/mol. The molecule has 1 N–H and O–H groups in total.